The molecule has 0 saturated carbocycles. The quantitative estimate of drug-likeness (QED) is 0.275. The van der Waals surface area contributed by atoms with E-state index in [0.717, 1.165) is 12.8 Å². The first-order valence-electron chi connectivity index (χ1n) is 16.8. The Kier molecular flexibility index (Phi) is 12.1. The van der Waals surface area contributed by atoms with Crippen LogP contribution < -0.4 is 11.1 Å². The predicted octanol–water partition coefficient (Wildman–Crippen LogP) is 2.54. The number of methoxy groups -OCH3 is 1. The van der Waals surface area contributed by atoms with Gasteiger partial charge in [0.15, 0.2) is 16.9 Å². The van der Waals surface area contributed by atoms with E-state index in [1.165, 1.54) is 11.3 Å². The van der Waals surface area contributed by atoms with Crippen molar-refractivity contribution < 1.29 is 28.9 Å². The second kappa shape index (κ2) is 15.3. The Morgan fingerprint density at radius 1 is 1.15 bits per heavy atom. The van der Waals surface area contributed by atoms with Gasteiger partial charge in [-0.05, 0) is 64.7 Å². The summed E-state index contributed by atoms with van der Waals surface area (Å²) in [6, 6.07) is -0.571. The highest BCUT2D eigenvalue weighted by Gasteiger charge is 2.58. The monoisotopic (exact) mass is 676 g/mol. The Labute approximate surface area is 282 Å². The summed E-state index contributed by atoms with van der Waals surface area (Å²) in [5, 5.41) is 32.2. The summed E-state index contributed by atoms with van der Waals surface area (Å²) >= 11 is 1.25. The van der Waals surface area contributed by atoms with Gasteiger partial charge in [0.2, 0.25) is 5.13 Å². The smallest absolute Gasteiger partial charge is 0.410 e. The van der Waals surface area contributed by atoms with Crippen molar-refractivity contribution >= 4 is 36.2 Å². The number of ether oxygens (including phenoxy) is 3. The van der Waals surface area contributed by atoms with Crippen LogP contribution in [0, 0.1) is 17.8 Å². The van der Waals surface area contributed by atoms with E-state index in [9.17, 15) is 14.7 Å². The van der Waals surface area contributed by atoms with E-state index in [1.807, 2.05) is 34.8 Å². The van der Waals surface area contributed by atoms with Gasteiger partial charge in [-0.25, -0.2) is 4.79 Å². The fourth-order valence-electron chi connectivity index (χ4n) is 7.35. The summed E-state index contributed by atoms with van der Waals surface area (Å²) in [7, 11) is 3.74. The number of nitrogen functional groups attached to an aromatic ring is 1. The first kappa shape index (κ1) is 37.2. The maximum absolute atomic E-state index is 13.6. The lowest BCUT2D eigenvalue weighted by molar-refractivity contribution is -0.210. The number of carbonyl (C=O) groups excluding carboxylic acids is 2. The van der Waals surface area contributed by atoms with Gasteiger partial charge in [-0.3, -0.25) is 14.4 Å². The maximum Gasteiger partial charge on any atom is 0.410 e. The Balaban J connectivity index is 1.54. The summed E-state index contributed by atoms with van der Waals surface area (Å²) in [5.41, 5.74) is 4.67. The summed E-state index contributed by atoms with van der Waals surface area (Å²) in [5.74, 6) is -1.12. The van der Waals surface area contributed by atoms with Crippen molar-refractivity contribution in [2.24, 2.45) is 17.8 Å². The van der Waals surface area contributed by atoms with Crippen molar-refractivity contribution in [3.8, 4) is 10.7 Å². The van der Waals surface area contributed by atoms with Crippen LogP contribution in [0.5, 0.6) is 0 Å². The molecule has 2 aromatic rings. The van der Waals surface area contributed by atoms with Crippen LogP contribution in [0.3, 0.4) is 0 Å². The van der Waals surface area contributed by atoms with Crippen LogP contribution in [0.25, 0.3) is 10.7 Å². The molecule has 4 heterocycles. The number of hydrogen-bond donors (Lipinski definition) is 3. The fraction of sp³-hybridized carbons (Fsp3) is 0.806. The number of nitrogens with two attached hydrogens (primary N) is 1. The zero-order valence-corrected chi connectivity index (χ0v) is 30.1. The van der Waals surface area contributed by atoms with Crippen LogP contribution in [0.4, 0.5) is 9.93 Å². The van der Waals surface area contributed by atoms with Gasteiger partial charge in [0.1, 0.15) is 25.4 Å². The van der Waals surface area contributed by atoms with E-state index in [0.29, 0.717) is 48.3 Å². The van der Waals surface area contributed by atoms with Gasteiger partial charge < -0.3 is 30.4 Å². The number of nitrogens with zero attached hydrogens (tertiary/aromatic N) is 6. The third-order valence-corrected chi connectivity index (χ3v) is 11.3. The molecule has 2 aliphatic heterocycles. The van der Waals surface area contributed by atoms with E-state index in [2.05, 4.69) is 46.6 Å². The molecule has 0 radical (unpaired) electrons. The van der Waals surface area contributed by atoms with Crippen LogP contribution in [0.15, 0.2) is 6.20 Å². The minimum atomic E-state index is -1.36. The van der Waals surface area contributed by atoms with Crippen LogP contribution >= 0.6 is 11.3 Å². The number of Topliss-reactive ketones (excluding diaryl/α,β-unsaturated/α-hetero) is 1. The first-order valence-corrected chi connectivity index (χ1v) is 17.6. The Morgan fingerprint density at radius 3 is 2.49 bits per heavy atom. The van der Waals surface area contributed by atoms with Gasteiger partial charge in [-0.2, -0.15) is 0 Å². The third kappa shape index (κ3) is 7.98. The molecule has 262 valence electrons. The second-order valence-electron chi connectivity index (χ2n) is 13.9. The molecular formula is C31H53BN8O6S. The zero-order valence-electron chi connectivity index (χ0n) is 29.3. The normalized spacial score (nSPS) is 36.1. The number of carbonyl (C=O) groups is 2. The van der Waals surface area contributed by atoms with E-state index < -0.39 is 41.6 Å². The number of aliphatic hydroxyl groups is 1. The van der Waals surface area contributed by atoms with Crippen molar-refractivity contribution in [3.63, 3.8) is 0 Å². The molecule has 14 nitrogen and oxygen atoms in total. The molecule has 2 saturated heterocycles. The van der Waals surface area contributed by atoms with Crippen molar-refractivity contribution in [1.29, 1.82) is 0 Å². The molecule has 10 atom stereocenters. The van der Waals surface area contributed by atoms with Crippen LogP contribution in [-0.4, -0.2) is 111 Å². The molecule has 2 fully saturated rings. The minimum Gasteiger partial charge on any atom is -0.438 e. The minimum absolute atomic E-state index is 0.0872. The second-order valence-corrected chi connectivity index (χ2v) is 14.9. The lowest BCUT2D eigenvalue weighted by Gasteiger charge is -2.42. The molecule has 0 aromatic carbocycles. The number of unbranched alkanes of at least 4 members (excludes halogenated alkanes) is 1. The average molecular weight is 677 g/mol. The molecule has 2 aliphatic rings. The van der Waals surface area contributed by atoms with Crippen molar-refractivity contribution in [1.82, 2.24) is 35.4 Å². The number of fused-ring (bicyclic) bond motifs is 1. The molecule has 1 amide bonds. The van der Waals surface area contributed by atoms with Crippen LogP contribution in [0.2, 0.25) is 5.82 Å². The van der Waals surface area contributed by atoms with Gasteiger partial charge in [-0.1, -0.05) is 44.2 Å². The SMILES string of the molecule is B[C@@H]1[C@@H](C)C(=O)[C@@H](C)C(O)O[C@H](CC)[C@@]2(C)OC(=O)N(CCCCn3cc(-c4nnc(N)s4)nn3)[C@@H]2[C@@H](C)NC[C@H](C)C[C@@]1(C)OC. The van der Waals surface area contributed by atoms with Gasteiger partial charge in [0.05, 0.1) is 23.8 Å². The predicted molar refractivity (Wildman–Crippen MR) is 181 cm³/mol. The number of anilines is 1. The van der Waals surface area contributed by atoms with E-state index in [-0.39, 0.29) is 29.5 Å². The molecule has 4 rings (SSSR count). The standard InChI is InChI=1S/C31H53BN8O6S/c1-9-22-31(7)25(40(29(43)46-31)13-11-10-12-39-16-21(35-38-39)26-36-37-28(33)47-26)20(5)34-15-17(2)14-30(6,44-8)24(32)18(3)23(41)19(4)27(42)45-22/h16-20,22,24-25,27,34,42H,9-15,32H2,1-8H3,(H2,33,37)/t17-,18+,19-,20-,22-,24-,25-,27?,30-,31-/m1/s1. The number of aromatic nitrogens is 5. The maximum atomic E-state index is 13.6. The van der Waals surface area contributed by atoms with Crippen LogP contribution in [-0.2, 0) is 25.5 Å². The molecule has 1 unspecified atom stereocenters. The fourth-order valence-corrected chi connectivity index (χ4v) is 7.91. The molecule has 2 aromatic heterocycles. The molecule has 16 heteroatoms. The number of nitrogens with one attached hydrogen (secondary N) is 1. The summed E-state index contributed by atoms with van der Waals surface area (Å²) in [4.78, 5) is 29.0. The number of aryl methyl sites for hydroxylation is 1. The lowest BCUT2D eigenvalue weighted by atomic mass is 9.62. The lowest BCUT2D eigenvalue weighted by Crippen LogP contribution is -2.61. The number of ketones is 1. The highest BCUT2D eigenvalue weighted by atomic mass is 32.1. The molecule has 0 spiro atoms. The Morgan fingerprint density at radius 2 is 1.85 bits per heavy atom. The zero-order chi connectivity index (χ0) is 34.7. The molecule has 4 N–H and O–H groups in total. The third-order valence-electron chi connectivity index (χ3n) is 10.5. The topological polar surface area (TPSA) is 180 Å². The van der Waals surface area contributed by atoms with Crippen LogP contribution in [0.1, 0.15) is 74.1 Å². The highest BCUT2D eigenvalue weighted by Crippen LogP contribution is 2.41. The van der Waals surface area contributed by atoms with E-state index in [1.54, 1.807) is 23.6 Å². The Hall–Kier alpha value is -2.66. The van der Waals surface area contributed by atoms with Crippen molar-refractivity contribution in [3.05, 3.63) is 6.20 Å². The van der Waals surface area contributed by atoms with E-state index in [4.69, 9.17) is 19.9 Å². The van der Waals surface area contributed by atoms with Crippen molar-refractivity contribution in [2.75, 3.05) is 25.9 Å². The summed E-state index contributed by atoms with van der Waals surface area (Å²) in [6.07, 6.45) is 2.00. The Bertz CT molecular complexity index is 1360. The first-order chi connectivity index (χ1) is 22.1. The highest BCUT2D eigenvalue weighted by molar-refractivity contribution is 7.18. The molecule has 0 bridgehead atoms. The number of rotatable bonds is 8. The van der Waals surface area contributed by atoms with Gasteiger partial charge in [-0.15, -0.1) is 15.3 Å². The largest absolute Gasteiger partial charge is 0.438 e. The van der Waals surface area contributed by atoms with Gasteiger partial charge in [0, 0.05) is 32.2 Å². The van der Waals surface area contributed by atoms with Gasteiger partial charge >= 0.3 is 6.09 Å². The number of hydrogen-bond acceptors (Lipinski definition) is 13. The molecule has 0 aliphatic carbocycles. The summed E-state index contributed by atoms with van der Waals surface area (Å²) in [6.45, 7) is 15.4. The summed E-state index contributed by atoms with van der Waals surface area (Å²) < 4.78 is 20.2. The van der Waals surface area contributed by atoms with E-state index >= 15 is 0 Å². The van der Waals surface area contributed by atoms with Gasteiger partial charge in [0.25, 0.3) is 0 Å². The number of aliphatic hydroxyl groups excluding tert-OH is 1. The van der Waals surface area contributed by atoms with Crippen molar-refractivity contribution in [2.45, 2.75) is 122 Å². The average Bonchev–Trinajstić information content (AvgIpc) is 3.76. The molecule has 47 heavy (non-hydrogen) atoms. The number of amides is 1. The molecular weight excluding hydrogens is 623 g/mol.